The van der Waals surface area contributed by atoms with E-state index in [0.717, 1.165) is 11.3 Å². The SMILES string of the molecule is Cc1cccc(OCCN2C(=O)C(O)(CC(=O)c3ccccn3)c3ccccc32)c1. The number of carbonyl (C=O) groups excluding carboxylic acids is 2. The number of ketones is 1. The van der Waals surface area contributed by atoms with Crippen molar-refractivity contribution in [2.45, 2.75) is 18.9 Å². The number of fused-ring (bicyclic) bond motifs is 1. The molecule has 1 amide bonds. The number of carbonyl (C=O) groups is 2. The standard InChI is InChI=1S/C24H22N2O4/c1-17-7-6-8-18(15-17)30-14-13-26-21-11-3-2-9-19(21)24(29,23(26)28)16-22(27)20-10-4-5-12-25-20/h2-12,15,29H,13-14,16H2,1H3. The van der Waals surface area contributed by atoms with Gasteiger partial charge in [-0.3, -0.25) is 14.6 Å². The Morgan fingerprint density at radius 2 is 1.90 bits per heavy atom. The van der Waals surface area contributed by atoms with Gasteiger partial charge >= 0.3 is 0 Å². The summed E-state index contributed by atoms with van der Waals surface area (Å²) < 4.78 is 5.78. The average Bonchev–Trinajstić information content (AvgIpc) is 2.96. The number of anilines is 1. The lowest BCUT2D eigenvalue weighted by Gasteiger charge is -2.22. The molecule has 1 aromatic heterocycles. The molecule has 4 rings (SSSR count). The molecule has 1 aliphatic heterocycles. The predicted molar refractivity (Wildman–Crippen MR) is 113 cm³/mol. The highest BCUT2D eigenvalue weighted by Gasteiger charge is 2.50. The lowest BCUT2D eigenvalue weighted by atomic mass is 9.89. The minimum absolute atomic E-state index is 0.220. The van der Waals surface area contributed by atoms with Crippen LogP contribution in [-0.4, -0.2) is 34.9 Å². The number of pyridine rings is 1. The molecule has 0 spiro atoms. The highest BCUT2D eigenvalue weighted by atomic mass is 16.5. The van der Waals surface area contributed by atoms with Crippen LogP contribution < -0.4 is 9.64 Å². The maximum absolute atomic E-state index is 13.2. The molecule has 1 unspecified atom stereocenters. The minimum atomic E-state index is -1.92. The summed E-state index contributed by atoms with van der Waals surface area (Å²) in [6, 6.07) is 19.6. The van der Waals surface area contributed by atoms with Crippen LogP contribution in [-0.2, 0) is 10.4 Å². The van der Waals surface area contributed by atoms with E-state index in [0.29, 0.717) is 11.3 Å². The van der Waals surface area contributed by atoms with Crippen molar-refractivity contribution >= 4 is 17.4 Å². The van der Waals surface area contributed by atoms with Crippen LogP contribution in [0.1, 0.15) is 28.0 Å². The maximum Gasteiger partial charge on any atom is 0.264 e. The van der Waals surface area contributed by atoms with E-state index in [1.807, 2.05) is 31.2 Å². The third kappa shape index (κ3) is 3.69. The molecule has 30 heavy (non-hydrogen) atoms. The van der Waals surface area contributed by atoms with Crippen molar-refractivity contribution in [3.8, 4) is 5.75 Å². The Balaban J connectivity index is 1.53. The number of hydrogen-bond acceptors (Lipinski definition) is 5. The van der Waals surface area contributed by atoms with Crippen molar-refractivity contribution < 1.29 is 19.4 Å². The lowest BCUT2D eigenvalue weighted by molar-refractivity contribution is -0.135. The molecule has 0 saturated heterocycles. The van der Waals surface area contributed by atoms with Gasteiger partial charge in [-0.1, -0.05) is 36.4 Å². The van der Waals surface area contributed by atoms with Crippen LogP contribution in [0.15, 0.2) is 72.9 Å². The fourth-order valence-electron chi connectivity index (χ4n) is 3.71. The van der Waals surface area contributed by atoms with Gasteiger partial charge in [-0.2, -0.15) is 0 Å². The first-order valence-corrected chi connectivity index (χ1v) is 9.76. The normalized spacial score (nSPS) is 17.7. The number of ether oxygens (including phenoxy) is 1. The van der Waals surface area contributed by atoms with E-state index in [1.165, 1.54) is 11.1 Å². The third-order valence-corrected chi connectivity index (χ3v) is 5.18. The molecule has 1 aliphatic rings. The van der Waals surface area contributed by atoms with E-state index in [-0.39, 0.29) is 31.0 Å². The Labute approximate surface area is 174 Å². The summed E-state index contributed by atoms with van der Waals surface area (Å²) >= 11 is 0. The molecule has 3 aromatic rings. The van der Waals surface area contributed by atoms with E-state index in [1.54, 1.807) is 42.5 Å². The second kappa shape index (κ2) is 8.08. The van der Waals surface area contributed by atoms with Gasteiger partial charge < -0.3 is 14.7 Å². The smallest absolute Gasteiger partial charge is 0.264 e. The fourth-order valence-corrected chi connectivity index (χ4v) is 3.71. The fraction of sp³-hybridized carbons (Fsp3) is 0.208. The summed E-state index contributed by atoms with van der Waals surface area (Å²) in [6.07, 6.45) is 1.14. The number of benzene rings is 2. The summed E-state index contributed by atoms with van der Waals surface area (Å²) in [5, 5.41) is 11.3. The van der Waals surface area contributed by atoms with Gasteiger partial charge in [0, 0.05) is 11.8 Å². The molecule has 0 saturated carbocycles. The summed E-state index contributed by atoms with van der Waals surface area (Å²) in [5.74, 6) is -0.199. The molecule has 1 atom stereocenters. The van der Waals surface area contributed by atoms with Crippen molar-refractivity contribution in [1.82, 2.24) is 4.98 Å². The summed E-state index contributed by atoms with van der Waals surface area (Å²) in [6.45, 7) is 2.49. The second-order valence-corrected chi connectivity index (χ2v) is 7.31. The Hall–Kier alpha value is -3.51. The zero-order valence-corrected chi connectivity index (χ0v) is 16.6. The Morgan fingerprint density at radius 1 is 1.10 bits per heavy atom. The van der Waals surface area contributed by atoms with Crippen molar-refractivity contribution in [2.24, 2.45) is 0 Å². The molecule has 0 bridgehead atoms. The molecule has 6 heteroatoms. The van der Waals surface area contributed by atoms with E-state index in [9.17, 15) is 14.7 Å². The molecular weight excluding hydrogens is 380 g/mol. The zero-order valence-electron chi connectivity index (χ0n) is 16.6. The number of amides is 1. The highest BCUT2D eigenvalue weighted by molar-refractivity contribution is 6.10. The summed E-state index contributed by atoms with van der Waals surface area (Å²) in [5.41, 5.74) is 0.394. The molecule has 6 nitrogen and oxygen atoms in total. The molecule has 152 valence electrons. The number of para-hydroxylation sites is 1. The first-order valence-electron chi connectivity index (χ1n) is 9.76. The van der Waals surface area contributed by atoms with E-state index >= 15 is 0 Å². The summed E-state index contributed by atoms with van der Waals surface area (Å²) in [4.78, 5) is 31.4. The average molecular weight is 402 g/mol. The Bertz CT molecular complexity index is 1080. The number of aryl methyl sites for hydroxylation is 1. The van der Waals surface area contributed by atoms with Crippen LogP contribution in [0.2, 0.25) is 0 Å². The monoisotopic (exact) mass is 402 g/mol. The van der Waals surface area contributed by atoms with Crippen molar-refractivity contribution in [1.29, 1.82) is 0 Å². The highest BCUT2D eigenvalue weighted by Crippen LogP contribution is 2.42. The largest absolute Gasteiger partial charge is 0.492 e. The van der Waals surface area contributed by atoms with Crippen LogP contribution >= 0.6 is 0 Å². The number of Topliss-reactive ketones (excluding diaryl/α,β-unsaturated/α-hetero) is 1. The van der Waals surface area contributed by atoms with Crippen LogP contribution in [0.4, 0.5) is 5.69 Å². The van der Waals surface area contributed by atoms with Gasteiger partial charge in [-0.05, 0) is 42.8 Å². The van der Waals surface area contributed by atoms with E-state index < -0.39 is 11.5 Å². The van der Waals surface area contributed by atoms with Crippen LogP contribution in [0, 0.1) is 6.92 Å². The number of nitrogens with zero attached hydrogens (tertiary/aromatic N) is 2. The molecule has 0 aliphatic carbocycles. The van der Waals surface area contributed by atoms with Gasteiger partial charge in [0.15, 0.2) is 11.4 Å². The van der Waals surface area contributed by atoms with Gasteiger partial charge in [0.05, 0.1) is 18.7 Å². The number of aromatic nitrogens is 1. The quantitative estimate of drug-likeness (QED) is 0.614. The third-order valence-electron chi connectivity index (χ3n) is 5.18. The number of aliphatic hydroxyl groups is 1. The van der Waals surface area contributed by atoms with Gasteiger partial charge in [-0.15, -0.1) is 0 Å². The first-order chi connectivity index (χ1) is 14.5. The topological polar surface area (TPSA) is 79.7 Å². The number of rotatable bonds is 7. The van der Waals surface area contributed by atoms with E-state index in [4.69, 9.17) is 4.74 Å². The molecule has 1 N–H and O–H groups in total. The van der Waals surface area contributed by atoms with Gasteiger partial charge in [0.2, 0.25) is 0 Å². The second-order valence-electron chi connectivity index (χ2n) is 7.31. The van der Waals surface area contributed by atoms with Crippen molar-refractivity contribution in [2.75, 3.05) is 18.1 Å². The van der Waals surface area contributed by atoms with Crippen LogP contribution in [0.5, 0.6) is 5.75 Å². The lowest BCUT2D eigenvalue weighted by Crippen LogP contribution is -2.43. The van der Waals surface area contributed by atoms with Crippen molar-refractivity contribution in [3.63, 3.8) is 0 Å². The summed E-state index contributed by atoms with van der Waals surface area (Å²) in [7, 11) is 0. The molecule has 0 radical (unpaired) electrons. The zero-order chi connectivity index (χ0) is 21.1. The first kappa shape index (κ1) is 19.8. The molecule has 0 fully saturated rings. The number of hydrogen-bond donors (Lipinski definition) is 1. The Morgan fingerprint density at radius 3 is 2.67 bits per heavy atom. The van der Waals surface area contributed by atoms with Gasteiger partial charge in [0.25, 0.3) is 5.91 Å². The van der Waals surface area contributed by atoms with Crippen LogP contribution in [0.25, 0.3) is 0 Å². The maximum atomic E-state index is 13.2. The Kier molecular flexibility index (Phi) is 5.33. The van der Waals surface area contributed by atoms with Gasteiger partial charge in [-0.25, -0.2) is 0 Å². The van der Waals surface area contributed by atoms with Crippen molar-refractivity contribution in [3.05, 3.63) is 89.7 Å². The predicted octanol–water partition coefficient (Wildman–Crippen LogP) is 3.28. The molecule has 2 aromatic carbocycles. The molecular formula is C24H22N2O4. The van der Waals surface area contributed by atoms with E-state index in [2.05, 4.69) is 4.98 Å². The van der Waals surface area contributed by atoms with Crippen LogP contribution in [0.3, 0.4) is 0 Å². The van der Waals surface area contributed by atoms with Gasteiger partial charge in [0.1, 0.15) is 18.1 Å². The molecule has 2 heterocycles. The minimum Gasteiger partial charge on any atom is -0.492 e.